The molecule has 0 saturated carbocycles. The topological polar surface area (TPSA) is 83.8 Å². The van der Waals surface area contributed by atoms with Crippen LogP contribution in [0.25, 0.3) is 10.9 Å². The Labute approximate surface area is 182 Å². The fraction of sp³-hybridized carbons (Fsp3) is 0.375. The van der Waals surface area contributed by atoms with Crippen molar-refractivity contribution in [3.8, 4) is 11.5 Å². The molecule has 164 valence electrons. The number of hydrogen-bond acceptors (Lipinski definition) is 5. The molecule has 3 aromatic rings. The van der Waals surface area contributed by atoms with Crippen molar-refractivity contribution in [1.29, 1.82) is 0 Å². The van der Waals surface area contributed by atoms with Crippen LogP contribution in [0.4, 0.5) is 10.5 Å². The van der Waals surface area contributed by atoms with Crippen molar-refractivity contribution >= 4 is 22.7 Å². The number of amides is 1. The SMILES string of the molecule is COc1ccccc1N1CCN(CCCCc2c[nH]c3ccc(OC(N)=O)cc23)CC1. The summed E-state index contributed by atoms with van der Waals surface area (Å²) in [6, 6.07) is 13.8. The van der Waals surface area contributed by atoms with Gasteiger partial charge in [-0.3, -0.25) is 4.90 Å². The van der Waals surface area contributed by atoms with Gasteiger partial charge >= 0.3 is 6.09 Å². The van der Waals surface area contributed by atoms with E-state index in [1.807, 2.05) is 30.5 Å². The molecule has 7 nitrogen and oxygen atoms in total. The molecule has 0 bridgehead atoms. The predicted molar refractivity (Wildman–Crippen MR) is 123 cm³/mol. The molecule has 3 N–H and O–H groups in total. The molecule has 0 atom stereocenters. The molecule has 0 unspecified atom stereocenters. The number of carbonyl (C=O) groups is 1. The third-order valence-electron chi connectivity index (χ3n) is 5.93. The van der Waals surface area contributed by atoms with E-state index in [2.05, 4.69) is 26.9 Å². The standard InChI is InChI=1S/C24H30N4O3/c1-30-23-8-3-2-7-22(23)28-14-12-27(13-15-28)11-5-4-6-18-17-26-21-10-9-19(16-20(18)21)31-24(25)29/h2-3,7-10,16-17,26H,4-6,11-15H2,1H3,(H2,25,29). The zero-order valence-corrected chi connectivity index (χ0v) is 18.0. The molecule has 1 fully saturated rings. The summed E-state index contributed by atoms with van der Waals surface area (Å²) in [6.45, 7) is 5.28. The lowest BCUT2D eigenvalue weighted by Crippen LogP contribution is -2.46. The number of aromatic nitrogens is 1. The van der Waals surface area contributed by atoms with Crippen molar-refractivity contribution in [2.75, 3.05) is 44.7 Å². The number of ether oxygens (including phenoxy) is 2. The van der Waals surface area contributed by atoms with Crippen molar-refractivity contribution < 1.29 is 14.3 Å². The fourth-order valence-electron chi connectivity index (χ4n) is 4.30. The summed E-state index contributed by atoms with van der Waals surface area (Å²) >= 11 is 0. The number of aryl methyl sites for hydroxylation is 1. The molecule has 0 spiro atoms. The van der Waals surface area contributed by atoms with Gasteiger partial charge in [0.25, 0.3) is 0 Å². The Morgan fingerprint density at radius 1 is 1.10 bits per heavy atom. The maximum absolute atomic E-state index is 11.0. The Morgan fingerprint density at radius 2 is 1.90 bits per heavy atom. The summed E-state index contributed by atoms with van der Waals surface area (Å²) in [5.41, 5.74) is 8.59. The van der Waals surface area contributed by atoms with E-state index in [1.165, 1.54) is 11.3 Å². The summed E-state index contributed by atoms with van der Waals surface area (Å²) in [6.07, 6.45) is 4.51. The average molecular weight is 423 g/mol. The Kier molecular flexibility index (Phi) is 6.62. The van der Waals surface area contributed by atoms with Gasteiger partial charge in [0.05, 0.1) is 12.8 Å². The maximum Gasteiger partial charge on any atom is 0.409 e. The quantitative estimate of drug-likeness (QED) is 0.540. The highest BCUT2D eigenvalue weighted by molar-refractivity contribution is 5.85. The summed E-state index contributed by atoms with van der Waals surface area (Å²) < 4.78 is 10.5. The number of rotatable bonds is 8. The number of nitrogens with zero attached hydrogens (tertiary/aromatic N) is 2. The Bertz CT molecular complexity index is 1020. The van der Waals surface area contributed by atoms with Crippen LogP contribution in [0, 0.1) is 0 Å². The van der Waals surface area contributed by atoms with Crippen molar-refractivity contribution in [1.82, 2.24) is 9.88 Å². The van der Waals surface area contributed by atoms with Crippen LogP contribution in [0.2, 0.25) is 0 Å². The molecular formula is C24H30N4O3. The highest BCUT2D eigenvalue weighted by Gasteiger charge is 2.19. The summed E-state index contributed by atoms with van der Waals surface area (Å²) in [5.74, 6) is 1.42. The van der Waals surface area contributed by atoms with Crippen LogP contribution in [0.1, 0.15) is 18.4 Å². The molecule has 2 heterocycles. The van der Waals surface area contributed by atoms with Crippen LogP contribution in [0.3, 0.4) is 0 Å². The molecule has 1 amide bonds. The lowest BCUT2D eigenvalue weighted by Gasteiger charge is -2.36. The number of hydrogen-bond donors (Lipinski definition) is 2. The first kappa shape index (κ1) is 21.1. The van der Waals surface area contributed by atoms with Gasteiger partial charge in [-0.15, -0.1) is 0 Å². The van der Waals surface area contributed by atoms with Crippen LogP contribution in [0.15, 0.2) is 48.7 Å². The van der Waals surface area contributed by atoms with Crippen molar-refractivity contribution in [3.05, 3.63) is 54.2 Å². The maximum atomic E-state index is 11.0. The van der Waals surface area contributed by atoms with Crippen LogP contribution < -0.4 is 20.1 Å². The molecule has 7 heteroatoms. The highest BCUT2D eigenvalue weighted by atomic mass is 16.5. The largest absolute Gasteiger partial charge is 0.495 e. The molecule has 1 aliphatic heterocycles. The minimum absolute atomic E-state index is 0.480. The number of benzene rings is 2. The number of carbonyl (C=O) groups excluding carboxylic acids is 1. The molecule has 31 heavy (non-hydrogen) atoms. The first-order chi connectivity index (χ1) is 15.1. The average Bonchev–Trinajstić information content (AvgIpc) is 3.19. The van der Waals surface area contributed by atoms with E-state index in [0.717, 1.165) is 68.6 Å². The second-order valence-electron chi connectivity index (χ2n) is 7.90. The Morgan fingerprint density at radius 3 is 2.68 bits per heavy atom. The minimum Gasteiger partial charge on any atom is -0.495 e. The van der Waals surface area contributed by atoms with Gasteiger partial charge in [-0.25, -0.2) is 4.79 Å². The molecule has 1 aliphatic rings. The number of primary amides is 1. The van der Waals surface area contributed by atoms with Crippen LogP contribution >= 0.6 is 0 Å². The molecule has 0 radical (unpaired) electrons. The molecule has 1 saturated heterocycles. The molecular weight excluding hydrogens is 392 g/mol. The fourth-order valence-corrected chi connectivity index (χ4v) is 4.30. The third kappa shape index (κ3) is 5.11. The third-order valence-corrected chi connectivity index (χ3v) is 5.93. The van der Waals surface area contributed by atoms with E-state index >= 15 is 0 Å². The first-order valence-electron chi connectivity index (χ1n) is 10.8. The monoisotopic (exact) mass is 422 g/mol. The zero-order valence-electron chi connectivity index (χ0n) is 18.0. The zero-order chi connectivity index (χ0) is 21.6. The van der Waals surface area contributed by atoms with Gasteiger partial charge in [0.15, 0.2) is 0 Å². The van der Waals surface area contributed by atoms with Gasteiger partial charge < -0.3 is 25.1 Å². The van der Waals surface area contributed by atoms with Crippen molar-refractivity contribution in [3.63, 3.8) is 0 Å². The van der Waals surface area contributed by atoms with E-state index in [9.17, 15) is 4.79 Å². The lowest BCUT2D eigenvalue weighted by molar-refractivity contribution is 0.211. The molecule has 4 rings (SSSR count). The number of aromatic amines is 1. The Balaban J connectivity index is 1.24. The number of H-pyrrole nitrogens is 1. The highest BCUT2D eigenvalue weighted by Crippen LogP contribution is 2.28. The number of unbranched alkanes of at least 4 members (excludes halogenated alkanes) is 1. The normalized spacial score (nSPS) is 14.7. The van der Waals surface area contributed by atoms with Gasteiger partial charge in [0.2, 0.25) is 0 Å². The van der Waals surface area contributed by atoms with Gasteiger partial charge in [0.1, 0.15) is 11.5 Å². The number of para-hydroxylation sites is 2. The van der Waals surface area contributed by atoms with Gasteiger partial charge in [-0.05, 0) is 61.7 Å². The summed E-state index contributed by atoms with van der Waals surface area (Å²) in [5, 5.41) is 1.09. The first-order valence-corrected chi connectivity index (χ1v) is 10.8. The van der Waals surface area contributed by atoms with E-state index in [4.69, 9.17) is 15.2 Å². The van der Waals surface area contributed by atoms with Crippen LogP contribution in [0.5, 0.6) is 11.5 Å². The number of piperazine rings is 1. The number of nitrogens with one attached hydrogen (secondary N) is 1. The van der Waals surface area contributed by atoms with Crippen LogP contribution in [-0.2, 0) is 6.42 Å². The second-order valence-corrected chi connectivity index (χ2v) is 7.90. The number of fused-ring (bicyclic) bond motifs is 1. The van der Waals surface area contributed by atoms with Crippen molar-refractivity contribution in [2.24, 2.45) is 5.73 Å². The van der Waals surface area contributed by atoms with Gasteiger partial charge in [0, 0.05) is 43.3 Å². The Hall–Kier alpha value is -3.19. The summed E-state index contributed by atoms with van der Waals surface area (Å²) in [7, 11) is 1.73. The predicted octanol–water partition coefficient (Wildman–Crippen LogP) is 3.78. The molecule has 2 aromatic carbocycles. The lowest BCUT2D eigenvalue weighted by atomic mass is 10.1. The second kappa shape index (κ2) is 9.75. The minimum atomic E-state index is -0.790. The van der Waals surface area contributed by atoms with Gasteiger partial charge in [-0.1, -0.05) is 12.1 Å². The van der Waals surface area contributed by atoms with E-state index < -0.39 is 6.09 Å². The smallest absolute Gasteiger partial charge is 0.409 e. The summed E-state index contributed by atoms with van der Waals surface area (Å²) in [4.78, 5) is 19.2. The van der Waals surface area contributed by atoms with E-state index in [-0.39, 0.29) is 0 Å². The van der Waals surface area contributed by atoms with Gasteiger partial charge in [-0.2, -0.15) is 0 Å². The molecule has 0 aliphatic carbocycles. The van der Waals surface area contributed by atoms with E-state index in [0.29, 0.717) is 5.75 Å². The number of anilines is 1. The van der Waals surface area contributed by atoms with Crippen LogP contribution in [-0.4, -0.2) is 55.8 Å². The number of methoxy groups -OCH3 is 1. The van der Waals surface area contributed by atoms with E-state index in [1.54, 1.807) is 13.2 Å². The van der Waals surface area contributed by atoms with Crippen molar-refractivity contribution in [2.45, 2.75) is 19.3 Å². The number of nitrogens with two attached hydrogens (primary N) is 1. The molecule has 1 aromatic heterocycles.